The number of fused-ring (bicyclic) bond motifs is 1. The third-order valence-corrected chi connectivity index (χ3v) is 5.22. The van der Waals surface area contributed by atoms with Crippen molar-refractivity contribution in [2.45, 2.75) is 38.8 Å². The van der Waals surface area contributed by atoms with E-state index in [0.29, 0.717) is 23.4 Å². The molecule has 6 nitrogen and oxygen atoms in total. The van der Waals surface area contributed by atoms with Crippen molar-refractivity contribution in [2.24, 2.45) is 5.73 Å². The number of halogens is 1. The number of aromatic nitrogens is 3. The fourth-order valence-corrected chi connectivity index (χ4v) is 3.99. The number of benzene rings is 1. The van der Waals surface area contributed by atoms with Crippen LogP contribution in [0.5, 0.6) is 5.75 Å². The standard InChI is InChI=1S/C20H24FN5O/c1-12-18-13(10-26-7-3-6-20(2,22)11-26)8-17(23-19(18)25-24-12)15-5-4-14(27)9-16(15)21/h4-5,8-9,27H,3,6-7,10-11,22H2,1-2H3,(H,23,24,25)/t20-/m0/s1. The van der Waals surface area contributed by atoms with E-state index in [1.54, 1.807) is 6.07 Å². The SMILES string of the molecule is Cc1[nH]nc2nc(-c3ccc(O)cc3F)cc(CN3CCC[C@](C)(N)C3)c12. The lowest BCUT2D eigenvalue weighted by molar-refractivity contribution is 0.154. The van der Waals surface area contributed by atoms with Crippen LogP contribution in [0.15, 0.2) is 24.3 Å². The van der Waals surface area contributed by atoms with Crippen LogP contribution in [-0.2, 0) is 6.54 Å². The molecule has 2 aromatic heterocycles. The van der Waals surface area contributed by atoms with Crippen molar-refractivity contribution >= 4 is 11.0 Å². The highest BCUT2D eigenvalue weighted by Crippen LogP contribution is 2.30. The number of hydrogen-bond donors (Lipinski definition) is 3. The van der Waals surface area contributed by atoms with E-state index >= 15 is 0 Å². The third kappa shape index (κ3) is 3.52. The normalized spacial score (nSPS) is 21.0. The number of nitrogens with zero attached hydrogens (tertiary/aromatic N) is 3. The summed E-state index contributed by atoms with van der Waals surface area (Å²) in [5.41, 5.74) is 9.57. The number of phenols is 1. The molecule has 0 saturated carbocycles. The molecule has 1 saturated heterocycles. The van der Waals surface area contributed by atoms with Gasteiger partial charge in [0.2, 0.25) is 0 Å². The molecule has 1 aliphatic rings. The predicted molar refractivity (Wildman–Crippen MR) is 103 cm³/mol. The number of nitrogens with two attached hydrogens (primary N) is 1. The second-order valence-corrected chi connectivity index (χ2v) is 7.85. The van der Waals surface area contributed by atoms with E-state index in [9.17, 15) is 9.50 Å². The molecule has 3 aromatic rings. The number of aromatic amines is 1. The number of rotatable bonds is 3. The van der Waals surface area contributed by atoms with E-state index < -0.39 is 5.82 Å². The molecule has 0 radical (unpaired) electrons. The van der Waals surface area contributed by atoms with Crippen molar-refractivity contribution in [2.75, 3.05) is 13.1 Å². The van der Waals surface area contributed by atoms with E-state index in [2.05, 4.69) is 27.0 Å². The van der Waals surface area contributed by atoms with Gasteiger partial charge in [0.15, 0.2) is 5.65 Å². The molecule has 3 heterocycles. The number of nitrogens with one attached hydrogen (secondary N) is 1. The first kappa shape index (κ1) is 17.9. The third-order valence-electron chi connectivity index (χ3n) is 5.22. The van der Waals surface area contributed by atoms with Crippen molar-refractivity contribution in [3.8, 4) is 17.0 Å². The van der Waals surface area contributed by atoms with Gasteiger partial charge in [0.05, 0.1) is 5.69 Å². The summed E-state index contributed by atoms with van der Waals surface area (Å²) >= 11 is 0. The molecule has 0 bridgehead atoms. The molecular weight excluding hydrogens is 345 g/mol. The summed E-state index contributed by atoms with van der Waals surface area (Å²) < 4.78 is 14.4. The lowest BCUT2D eigenvalue weighted by Gasteiger charge is -2.38. The molecule has 1 aliphatic heterocycles. The first-order valence-corrected chi connectivity index (χ1v) is 9.17. The van der Waals surface area contributed by atoms with Crippen molar-refractivity contribution in [3.63, 3.8) is 0 Å². The monoisotopic (exact) mass is 369 g/mol. The smallest absolute Gasteiger partial charge is 0.182 e. The molecule has 0 spiro atoms. The number of phenolic OH excluding ortho intramolecular Hbond substituents is 1. The zero-order valence-corrected chi connectivity index (χ0v) is 15.6. The van der Waals surface area contributed by atoms with Crippen LogP contribution in [-0.4, -0.2) is 43.8 Å². The predicted octanol–water partition coefficient (Wildman–Crippen LogP) is 3.09. The second kappa shape index (κ2) is 6.58. The van der Waals surface area contributed by atoms with Crippen LogP contribution in [0.4, 0.5) is 4.39 Å². The highest BCUT2D eigenvalue weighted by molar-refractivity contribution is 5.84. The number of aromatic hydroxyl groups is 1. The molecule has 1 atom stereocenters. The van der Waals surface area contributed by atoms with Gasteiger partial charge in [0.25, 0.3) is 0 Å². The topological polar surface area (TPSA) is 91.1 Å². The summed E-state index contributed by atoms with van der Waals surface area (Å²) in [4.78, 5) is 6.87. The van der Waals surface area contributed by atoms with E-state index in [0.717, 1.165) is 48.6 Å². The number of pyridine rings is 1. The summed E-state index contributed by atoms with van der Waals surface area (Å²) in [5.74, 6) is -0.615. The van der Waals surface area contributed by atoms with Crippen LogP contribution >= 0.6 is 0 Å². The number of H-pyrrole nitrogens is 1. The Hall–Kier alpha value is -2.51. The molecule has 0 unspecified atom stereocenters. The van der Waals surface area contributed by atoms with Gasteiger partial charge in [-0.25, -0.2) is 9.37 Å². The second-order valence-electron chi connectivity index (χ2n) is 7.85. The van der Waals surface area contributed by atoms with Gasteiger partial charge in [-0.05, 0) is 57.0 Å². The number of likely N-dealkylation sites (tertiary alicyclic amines) is 1. The maximum Gasteiger partial charge on any atom is 0.182 e. The van der Waals surface area contributed by atoms with E-state index in [4.69, 9.17) is 5.73 Å². The Bertz CT molecular complexity index is 997. The lowest BCUT2D eigenvalue weighted by Crippen LogP contribution is -2.51. The van der Waals surface area contributed by atoms with E-state index in [1.807, 2.05) is 13.0 Å². The van der Waals surface area contributed by atoms with Gasteiger partial charge < -0.3 is 10.8 Å². The summed E-state index contributed by atoms with van der Waals surface area (Å²) in [7, 11) is 0. The van der Waals surface area contributed by atoms with Gasteiger partial charge in [0.1, 0.15) is 11.6 Å². The maximum absolute atomic E-state index is 14.4. The molecular formula is C20H24FN5O. The van der Waals surface area contributed by atoms with Gasteiger partial charge in [-0.1, -0.05) is 0 Å². The Labute approximate surface area is 157 Å². The fourth-order valence-electron chi connectivity index (χ4n) is 3.99. The lowest BCUT2D eigenvalue weighted by atomic mass is 9.92. The molecule has 142 valence electrons. The number of piperidine rings is 1. The number of aryl methyl sites for hydroxylation is 1. The summed E-state index contributed by atoms with van der Waals surface area (Å²) in [6.45, 7) is 6.55. The van der Waals surface area contributed by atoms with Crippen LogP contribution in [0.2, 0.25) is 0 Å². The molecule has 1 fully saturated rings. The van der Waals surface area contributed by atoms with Crippen molar-refractivity contribution in [1.82, 2.24) is 20.1 Å². The van der Waals surface area contributed by atoms with Crippen molar-refractivity contribution in [3.05, 3.63) is 41.3 Å². The van der Waals surface area contributed by atoms with Gasteiger partial charge >= 0.3 is 0 Å². The minimum Gasteiger partial charge on any atom is -0.508 e. The Balaban J connectivity index is 1.77. The molecule has 0 amide bonds. The summed E-state index contributed by atoms with van der Waals surface area (Å²) in [6, 6.07) is 6.02. The Kier molecular flexibility index (Phi) is 4.36. The summed E-state index contributed by atoms with van der Waals surface area (Å²) in [6.07, 6.45) is 2.08. The first-order valence-electron chi connectivity index (χ1n) is 9.17. The molecule has 0 aliphatic carbocycles. The fraction of sp³-hybridized carbons (Fsp3) is 0.400. The van der Waals surface area contributed by atoms with Crippen LogP contribution < -0.4 is 5.73 Å². The van der Waals surface area contributed by atoms with Crippen LogP contribution in [0, 0.1) is 12.7 Å². The minimum absolute atomic E-state index is 0.108. The molecule has 1 aromatic carbocycles. The van der Waals surface area contributed by atoms with Crippen LogP contribution in [0.25, 0.3) is 22.3 Å². The van der Waals surface area contributed by atoms with E-state index in [1.165, 1.54) is 6.07 Å². The van der Waals surface area contributed by atoms with Gasteiger partial charge in [-0.15, -0.1) is 0 Å². The van der Waals surface area contributed by atoms with Gasteiger partial charge in [-0.3, -0.25) is 10.00 Å². The largest absolute Gasteiger partial charge is 0.508 e. The Morgan fingerprint density at radius 3 is 2.93 bits per heavy atom. The highest BCUT2D eigenvalue weighted by atomic mass is 19.1. The van der Waals surface area contributed by atoms with E-state index in [-0.39, 0.29) is 11.3 Å². The zero-order chi connectivity index (χ0) is 19.2. The first-order chi connectivity index (χ1) is 12.8. The summed E-state index contributed by atoms with van der Waals surface area (Å²) in [5, 5.41) is 17.7. The van der Waals surface area contributed by atoms with Crippen molar-refractivity contribution < 1.29 is 9.50 Å². The van der Waals surface area contributed by atoms with Crippen LogP contribution in [0.3, 0.4) is 0 Å². The average molecular weight is 369 g/mol. The number of hydrogen-bond acceptors (Lipinski definition) is 5. The van der Waals surface area contributed by atoms with Crippen LogP contribution in [0.1, 0.15) is 31.0 Å². The Morgan fingerprint density at radius 1 is 1.37 bits per heavy atom. The molecule has 4 rings (SSSR count). The van der Waals surface area contributed by atoms with Gasteiger partial charge in [0, 0.05) is 41.3 Å². The highest BCUT2D eigenvalue weighted by Gasteiger charge is 2.27. The van der Waals surface area contributed by atoms with Gasteiger partial charge in [-0.2, -0.15) is 5.10 Å². The maximum atomic E-state index is 14.4. The van der Waals surface area contributed by atoms with Crippen molar-refractivity contribution in [1.29, 1.82) is 0 Å². The molecule has 4 N–H and O–H groups in total. The molecule has 27 heavy (non-hydrogen) atoms. The quantitative estimate of drug-likeness (QED) is 0.660. The minimum atomic E-state index is -0.507. The molecule has 7 heteroatoms. The average Bonchev–Trinajstić information content (AvgIpc) is 2.95. The zero-order valence-electron chi connectivity index (χ0n) is 15.6. The Morgan fingerprint density at radius 2 is 2.19 bits per heavy atom.